The topological polar surface area (TPSA) is 49.4 Å². The van der Waals surface area contributed by atoms with Gasteiger partial charge in [-0.15, -0.1) is 0 Å². The molecule has 0 fully saturated rings. The van der Waals surface area contributed by atoms with Gasteiger partial charge in [-0.05, 0) is 37.6 Å². The molecular formula is C13H16N2O2. The number of carbonyl (C=O) groups excluding carboxylic acids is 2. The van der Waals surface area contributed by atoms with Gasteiger partial charge >= 0.3 is 0 Å². The van der Waals surface area contributed by atoms with Crippen molar-refractivity contribution in [3.8, 4) is 0 Å². The van der Waals surface area contributed by atoms with Gasteiger partial charge in [0.2, 0.25) is 11.8 Å². The monoisotopic (exact) mass is 232 g/mol. The first-order chi connectivity index (χ1) is 7.84. The highest BCUT2D eigenvalue weighted by atomic mass is 16.2. The molecule has 2 amide bonds. The van der Waals surface area contributed by atoms with E-state index >= 15 is 0 Å². The molecular weight excluding hydrogens is 216 g/mol. The van der Waals surface area contributed by atoms with Gasteiger partial charge in [-0.25, -0.2) is 0 Å². The molecule has 0 aliphatic carbocycles. The minimum absolute atomic E-state index is 0.0764. The summed E-state index contributed by atoms with van der Waals surface area (Å²) in [4.78, 5) is 24.7. The molecule has 4 nitrogen and oxygen atoms in total. The number of nitrogens with one attached hydrogen (secondary N) is 1. The van der Waals surface area contributed by atoms with Crippen molar-refractivity contribution in [2.75, 3.05) is 17.3 Å². The van der Waals surface area contributed by atoms with Gasteiger partial charge in [0.1, 0.15) is 0 Å². The van der Waals surface area contributed by atoms with E-state index in [9.17, 15) is 9.59 Å². The Morgan fingerprint density at radius 2 is 2.00 bits per heavy atom. The van der Waals surface area contributed by atoms with Crippen molar-refractivity contribution >= 4 is 23.2 Å². The van der Waals surface area contributed by atoms with Crippen LogP contribution in [0.1, 0.15) is 26.3 Å². The molecule has 17 heavy (non-hydrogen) atoms. The minimum Gasteiger partial charge on any atom is -0.326 e. The fourth-order valence-corrected chi connectivity index (χ4v) is 2.25. The predicted octanol–water partition coefficient (Wildman–Crippen LogP) is 1.90. The van der Waals surface area contributed by atoms with Crippen molar-refractivity contribution in [2.45, 2.75) is 26.2 Å². The van der Waals surface area contributed by atoms with Crippen LogP contribution in [-0.2, 0) is 15.0 Å². The highest BCUT2D eigenvalue weighted by Gasteiger charge is 2.42. The van der Waals surface area contributed by atoms with Crippen molar-refractivity contribution in [2.24, 2.45) is 0 Å². The second-order valence-corrected chi connectivity index (χ2v) is 4.90. The number of anilines is 2. The third-order valence-electron chi connectivity index (χ3n) is 3.19. The third kappa shape index (κ3) is 1.69. The number of amides is 2. The second-order valence-electron chi connectivity index (χ2n) is 4.90. The van der Waals surface area contributed by atoms with Gasteiger partial charge in [-0.3, -0.25) is 9.59 Å². The highest BCUT2D eigenvalue weighted by molar-refractivity contribution is 6.07. The van der Waals surface area contributed by atoms with Crippen molar-refractivity contribution < 1.29 is 9.59 Å². The molecule has 1 aliphatic heterocycles. The largest absolute Gasteiger partial charge is 0.326 e. The summed E-state index contributed by atoms with van der Waals surface area (Å²) in [7, 11) is 1.77. The Morgan fingerprint density at radius 3 is 2.59 bits per heavy atom. The van der Waals surface area contributed by atoms with Crippen molar-refractivity contribution in [1.82, 2.24) is 0 Å². The van der Waals surface area contributed by atoms with Crippen LogP contribution in [0.2, 0.25) is 0 Å². The van der Waals surface area contributed by atoms with Crippen LogP contribution in [0.5, 0.6) is 0 Å². The molecule has 1 aliphatic rings. The summed E-state index contributed by atoms with van der Waals surface area (Å²) in [6.07, 6.45) is 0. The lowest BCUT2D eigenvalue weighted by Gasteiger charge is -2.16. The fourth-order valence-electron chi connectivity index (χ4n) is 2.25. The maximum atomic E-state index is 12.1. The zero-order valence-electron chi connectivity index (χ0n) is 10.5. The third-order valence-corrected chi connectivity index (χ3v) is 3.19. The number of rotatable bonds is 1. The summed E-state index contributed by atoms with van der Waals surface area (Å²) in [5, 5.41) is 2.73. The maximum absolute atomic E-state index is 12.1. The smallest absolute Gasteiger partial charge is 0.236 e. The van der Waals surface area contributed by atoms with Crippen LogP contribution in [0.3, 0.4) is 0 Å². The zero-order valence-corrected chi connectivity index (χ0v) is 10.5. The van der Waals surface area contributed by atoms with Crippen LogP contribution in [0, 0.1) is 0 Å². The van der Waals surface area contributed by atoms with E-state index in [4.69, 9.17) is 0 Å². The molecule has 0 atom stereocenters. The summed E-state index contributed by atoms with van der Waals surface area (Å²) in [6.45, 7) is 5.26. The molecule has 1 heterocycles. The van der Waals surface area contributed by atoms with Crippen LogP contribution in [-0.4, -0.2) is 18.9 Å². The summed E-state index contributed by atoms with van der Waals surface area (Å²) < 4.78 is 0. The lowest BCUT2D eigenvalue weighted by Crippen LogP contribution is -2.33. The van der Waals surface area contributed by atoms with Crippen molar-refractivity contribution in [3.63, 3.8) is 0 Å². The first-order valence-electron chi connectivity index (χ1n) is 5.54. The molecule has 0 saturated carbocycles. The van der Waals surface area contributed by atoms with E-state index in [2.05, 4.69) is 5.32 Å². The molecule has 0 unspecified atom stereocenters. The summed E-state index contributed by atoms with van der Waals surface area (Å²) in [5.41, 5.74) is 2.07. The Morgan fingerprint density at radius 1 is 1.35 bits per heavy atom. The van der Waals surface area contributed by atoms with Gasteiger partial charge in [0.15, 0.2) is 0 Å². The first kappa shape index (κ1) is 11.6. The van der Waals surface area contributed by atoms with E-state index in [1.54, 1.807) is 11.9 Å². The van der Waals surface area contributed by atoms with Crippen molar-refractivity contribution in [3.05, 3.63) is 23.8 Å². The van der Waals surface area contributed by atoms with Crippen molar-refractivity contribution in [1.29, 1.82) is 0 Å². The SMILES string of the molecule is CC(=O)Nc1ccc2c(c1)C(C)(C)C(=O)N2C. The number of hydrogen-bond donors (Lipinski definition) is 1. The van der Waals surface area contributed by atoms with E-state index < -0.39 is 5.41 Å². The van der Waals surface area contributed by atoms with Gasteiger partial charge in [0.25, 0.3) is 0 Å². The van der Waals surface area contributed by atoms with Gasteiger partial charge < -0.3 is 10.2 Å². The fraction of sp³-hybridized carbons (Fsp3) is 0.385. The van der Waals surface area contributed by atoms with E-state index in [0.29, 0.717) is 0 Å². The van der Waals surface area contributed by atoms with Crippen LogP contribution < -0.4 is 10.2 Å². The summed E-state index contributed by atoms with van der Waals surface area (Å²) in [6, 6.07) is 5.55. The molecule has 90 valence electrons. The lowest BCUT2D eigenvalue weighted by atomic mass is 9.86. The normalized spacial score (nSPS) is 16.9. The average Bonchev–Trinajstić information content (AvgIpc) is 2.40. The highest BCUT2D eigenvalue weighted by Crippen LogP contribution is 2.41. The van der Waals surface area contributed by atoms with Gasteiger partial charge in [-0.2, -0.15) is 0 Å². The number of nitrogens with zero attached hydrogens (tertiary/aromatic N) is 1. The molecule has 2 rings (SSSR count). The number of carbonyl (C=O) groups is 2. The summed E-state index contributed by atoms with van der Waals surface area (Å²) in [5.74, 6) is -0.0343. The van der Waals surface area contributed by atoms with E-state index in [0.717, 1.165) is 16.9 Å². The van der Waals surface area contributed by atoms with Gasteiger partial charge in [0, 0.05) is 25.3 Å². The van der Waals surface area contributed by atoms with E-state index in [1.807, 2.05) is 32.0 Å². The Hall–Kier alpha value is -1.84. The molecule has 0 spiro atoms. The Labute approximate surface area is 101 Å². The van der Waals surface area contributed by atoms with Crippen LogP contribution in [0.15, 0.2) is 18.2 Å². The maximum Gasteiger partial charge on any atom is 0.236 e. The van der Waals surface area contributed by atoms with Crippen LogP contribution in [0.25, 0.3) is 0 Å². The molecule has 0 radical (unpaired) electrons. The molecule has 0 saturated heterocycles. The summed E-state index contributed by atoms with van der Waals surface area (Å²) >= 11 is 0. The Bertz CT molecular complexity index is 506. The molecule has 4 heteroatoms. The molecule has 0 aromatic heterocycles. The van der Waals surface area contributed by atoms with E-state index in [1.165, 1.54) is 6.92 Å². The standard InChI is InChI=1S/C13H16N2O2/c1-8(16)14-9-5-6-11-10(7-9)13(2,3)12(17)15(11)4/h5-7H,1-4H3,(H,14,16). The number of benzene rings is 1. The van der Waals surface area contributed by atoms with Gasteiger partial charge in [0.05, 0.1) is 5.41 Å². The number of hydrogen-bond acceptors (Lipinski definition) is 2. The minimum atomic E-state index is -0.529. The lowest BCUT2D eigenvalue weighted by molar-refractivity contribution is -0.121. The predicted molar refractivity (Wildman–Crippen MR) is 67.2 cm³/mol. The first-order valence-corrected chi connectivity index (χ1v) is 5.54. The second kappa shape index (κ2) is 3.58. The molecule has 1 N–H and O–H groups in total. The Balaban J connectivity index is 2.50. The van der Waals surface area contributed by atoms with Gasteiger partial charge in [-0.1, -0.05) is 0 Å². The number of likely N-dealkylation sites (N-methyl/N-ethyl adjacent to an activating group) is 1. The Kier molecular flexibility index (Phi) is 2.45. The zero-order chi connectivity index (χ0) is 12.8. The van der Waals surface area contributed by atoms with Crippen LogP contribution >= 0.6 is 0 Å². The quantitative estimate of drug-likeness (QED) is 0.804. The molecule has 1 aromatic rings. The molecule has 1 aromatic carbocycles. The average molecular weight is 232 g/mol. The van der Waals surface area contributed by atoms with E-state index in [-0.39, 0.29) is 11.8 Å². The van der Waals surface area contributed by atoms with Crippen LogP contribution in [0.4, 0.5) is 11.4 Å². The number of fused-ring (bicyclic) bond motifs is 1. The molecule has 0 bridgehead atoms.